The summed E-state index contributed by atoms with van der Waals surface area (Å²) >= 11 is 0. The third-order valence-corrected chi connectivity index (χ3v) is 6.47. The smallest absolute Gasteiger partial charge is 0.158 e. The van der Waals surface area contributed by atoms with Gasteiger partial charge in [-0.3, -0.25) is 0 Å². The molecule has 0 saturated heterocycles. The van der Waals surface area contributed by atoms with Crippen molar-refractivity contribution in [3.63, 3.8) is 0 Å². The molecule has 14 nitrogen and oxygen atoms in total. The lowest BCUT2D eigenvalue weighted by Crippen LogP contribution is -2.14. The van der Waals surface area contributed by atoms with E-state index in [1.165, 1.54) is 6.07 Å². The van der Waals surface area contributed by atoms with Crippen LogP contribution in [0.3, 0.4) is 0 Å². The minimum atomic E-state index is -0.242. The molecular weight excluding hydrogens is 560 g/mol. The van der Waals surface area contributed by atoms with Crippen molar-refractivity contribution in [2.45, 2.75) is 0 Å². The fourth-order valence-corrected chi connectivity index (χ4v) is 4.41. The zero-order valence-corrected chi connectivity index (χ0v) is 24.4. The van der Waals surface area contributed by atoms with E-state index in [-0.39, 0.29) is 22.9 Å². The third-order valence-electron chi connectivity index (χ3n) is 6.47. The van der Waals surface area contributed by atoms with Gasteiger partial charge in [0.05, 0.1) is 27.8 Å². The van der Waals surface area contributed by atoms with Crippen LogP contribution in [0, 0.1) is 0 Å². The van der Waals surface area contributed by atoms with Crippen molar-refractivity contribution in [1.82, 2.24) is 0 Å². The van der Waals surface area contributed by atoms with Crippen LogP contribution in [0.5, 0.6) is 11.5 Å². The Morgan fingerprint density at radius 2 is 0.977 bits per heavy atom. The van der Waals surface area contributed by atoms with E-state index in [0.717, 1.165) is 11.4 Å². The van der Waals surface area contributed by atoms with E-state index in [2.05, 4.69) is 41.7 Å². The van der Waals surface area contributed by atoms with Gasteiger partial charge >= 0.3 is 0 Å². The van der Waals surface area contributed by atoms with Gasteiger partial charge in [-0.25, -0.2) is 0 Å². The lowest BCUT2D eigenvalue weighted by Gasteiger charge is -2.19. The molecule has 14 heteroatoms. The number of phenolic OH excluding ortho intramolecular Hbond substituents is 2. The Morgan fingerprint density at radius 1 is 0.500 bits per heavy atom. The van der Waals surface area contributed by atoms with Crippen LogP contribution in [0.2, 0.25) is 0 Å². The van der Waals surface area contributed by atoms with E-state index >= 15 is 0 Å². The van der Waals surface area contributed by atoms with Crippen LogP contribution in [-0.2, 0) is 0 Å². The summed E-state index contributed by atoms with van der Waals surface area (Å²) in [5.41, 5.74) is 26.8. The Hall–Kier alpha value is -5.02. The van der Waals surface area contributed by atoms with Gasteiger partial charge in [-0.1, -0.05) is 0 Å². The quantitative estimate of drug-likeness (QED) is 0.0634. The van der Waals surface area contributed by atoms with Crippen LogP contribution in [-0.4, -0.2) is 62.6 Å². The van der Waals surface area contributed by atoms with Crippen molar-refractivity contribution in [2.24, 2.45) is 43.4 Å². The van der Waals surface area contributed by atoms with Gasteiger partial charge in [0.1, 0.15) is 11.4 Å². The predicted octanol–water partition coefficient (Wildman–Crippen LogP) is 4.56. The average Bonchev–Trinajstić information content (AvgIpc) is 3.05. The fourth-order valence-electron chi connectivity index (χ4n) is 4.41. The average molecular weight is 601 g/mol. The molecule has 232 valence electrons. The number of nitrogens with two attached hydrogens (primary N) is 4. The molecule has 0 radical (unpaired) electrons. The lowest BCUT2D eigenvalue weighted by molar-refractivity contribution is 0.476. The van der Waals surface area contributed by atoms with Crippen LogP contribution >= 0.6 is 0 Å². The Labute approximate surface area is 255 Å². The van der Waals surface area contributed by atoms with E-state index in [4.69, 9.17) is 22.9 Å². The van der Waals surface area contributed by atoms with Gasteiger partial charge in [0.15, 0.2) is 11.4 Å². The van der Waals surface area contributed by atoms with Crippen LogP contribution in [0.4, 0.5) is 45.5 Å². The standard InChI is InChI=1S/C30H40N12O2/c31-11-15-35-19-1-5-21(6-2-19)39-41-28-27(38-18-14-34)26-24(43)10-9-23(37-17-13-33)25(26)30(44)29(28)42-40-22-7-3-20(4-8-22)36-16-12-32/h1-10,35-38,43-44H,11-18,31-34H2. The van der Waals surface area contributed by atoms with Gasteiger partial charge in [0.25, 0.3) is 0 Å². The summed E-state index contributed by atoms with van der Waals surface area (Å²) in [6.45, 7) is 3.73. The van der Waals surface area contributed by atoms with Gasteiger partial charge in [-0.2, -0.15) is 10.2 Å². The zero-order valence-electron chi connectivity index (χ0n) is 24.4. The molecule has 0 heterocycles. The van der Waals surface area contributed by atoms with Crippen LogP contribution in [0.15, 0.2) is 81.1 Å². The maximum Gasteiger partial charge on any atom is 0.158 e. The minimum absolute atomic E-state index is 0.0498. The first-order valence-corrected chi connectivity index (χ1v) is 14.3. The van der Waals surface area contributed by atoms with E-state index in [1.54, 1.807) is 30.3 Å². The number of azo groups is 2. The van der Waals surface area contributed by atoms with Gasteiger partial charge in [-0.05, 0) is 60.7 Å². The first-order chi connectivity index (χ1) is 21.5. The van der Waals surface area contributed by atoms with Crippen molar-refractivity contribution in [1.29, 1.82) is 0 Å². The molecule has 0 unspecified atom stereocenters. The lowest BCUT2D eigenvalue weighted by atomic mass is 10.0. The molecule has 0 aliphatic rings. The maximum absolute atomic E-state index is 11.7. The molecule has 0 atom stereocenters. The molecular formula is C30H40N12O2. The third kappa shape index (κ3) is 7.87. The number of nitrogens with one attached hydrogen (secondary N) is 4. The fraction of sp³-hybridized carbons (Fsp3) is 0.267. The number of hydrogen-bond donors (Lipinski definition) is 10. The SMILES string of the molecule is NCCNc1ccc(N=Nc2c(N=Nc3ccc(NCCN)cc3)c(NCCN)c3c(O)ccc(NCCN)c3c2O)cc1. The number of nitrogens with zero attached hydrogens (tertiary/aromatic N) is 4. The maximum atomic E-state index is 11.7. The normalized spacial score (nSPS) is 11.5. The minimum Gasteiger partial charge on any atom is -0.507 e. The molecule has 0 aromatic heterocycles. The van der Waals surface area contributed by atoms with E-state index in [1.807, 2.05) is 24.3 Å². The highest BCUT2D eigenvalue weighted by Gasteiger charge is 2.24. The second-order valence-electron chi connectivity index (χ2n) is 9.66. The molecule has 0 spiro atoms. The molecule has 44 heavy (non-hydrogen) atoms. The number of phenols is 2. The van der Waals surface area contributed by atoms with Gasteiger partial charge in [0.2, 0.25) is 0 Å². The van der Waals surface area contributed by atoms with Crippen molar-refractivity contribution < 1.29 is 10.2 Å². The number of aromatic hydroxyl groups is 2. The van der Waals surface area contributed by atoms with Crippen LogP contribution in [0.25, 0.3) is 10.8 Å². The Kier molecular flexibility index (Phi) is 11.6. The van der Waals surface area contributed by atoms with E-state index < -0.39 is 0 Å². The van der Waals surface area contributed by atoms with Crippen molar-refractivity contribution in [2.75, 3.05) is 73.6 Å². The number of rotatable bonds is 16. The summed E-state index contributed by atoms with van der Waals surface area (Å²) in [6, 6.07) is 17.8. The molecule has 4 rings (SSSR count). The first kappa shape index (κ1) is 31.9. The van der Waals surface area contributed by atoms with Crippen molar-refractivity contribution >= 4 is 56.3 Å². The summed E-state index contributed by atoms with van der Waals surface area (Å²) in [5.74, 6) is -0.321. The largest absolute Gasteiger partial charge is 0.507 e. The highest BCUT2D eigenvalue weighted by atomic mass is 16.3. The molecule has 0 fully saturated rings. The molecule has 0 saturated carbocycles. The number of anilines is 4. The van der Waals surface area contributed by atoms with Gasteiger partial charge in [0, 0.05) is 69.4 Å². The van der Waals surface area contributed by atoms with Crippen LogP contribution < -0.4 is 44.2 Å². The summed E-state index contributed by atoms with van der Waals surface area (Å²) in [6.07, 6.45) is 0. The Balaban J connectivity index is 1.88. The zero-order chi connectivity index (χ0) is 31.3. The Bertz CT molecular complexity index is 1570. The van der Waals surface area contributed by atoms with Crippen LogP contribution in [0.1, 0.15) is 0 Å². The summed E-state index contributed by atoms with van der Waals surface area (Å²) in [4.78, 5) is 0. The molecule has 0 amide bonds. The summed E-state index contributed by atoms with van der Waals surface area (Å²) in [7, 11) is 0. The molecule has 4 aromatic carbocycles. The molecule has 0 bridgehead atoms. The second-order valence-corrected chi connectivity index (χ2v) is 9.66. The predicted molar refractivity (Wildman–Crippen MR) is 179 cm³/mol. The van der Waals surface area contributed by atoms with Crippen molar-refractivity contribution in [3.8, 4) is 11.5 Å². The van der Waals surface area contributed by atoms with E-state index in [0.29, 0.717) is 85.9 Å². The Morgan fingerprint density at radius 3 is 1.50 bits per heavy atom. The number of hydrogen-bond acceptors (Lipinski definition) is 14. The molecule has 4 aromatic rings. The number of benzene rings is 4. The number of fused-ring (bicyclic) bond motifs is 1. The first-order valence-electron chi connectivity index (χ1n) is 14.3. The monoisotopic (exact) mass is 600 g/mol. The summed E-state index contributed by atoms with van der Waals surface area (Å²) < 4.78 is 0. The van der Waals surface area contributed by atoms with Crippen molar-refractivity contribution in [3.05, 3.63) is 60.7 Å². The molecule has 0 aliphatic carbocycles. The van der Waals surface area contributed by atoms with E-state index in [9.17, 15) is 10.2 Å². The van der Waals surface area contributed by atoms with Gasteiger partial charge < -0.3 is 54.4 Å². The highest BCUT2D eigenvalue weighted by molar-refractivity contribution is 6.15. The topological polar surface area (TPSA) is 242 Å². The van der Waals surface area contributed by atoms with Gasteiger partial charge in [-0.15, -0.1) is 10.2 Å². The molecule has 14 N–H and O–H groups in total. The second kappa shape index (κ2) is 16.0. The summed E-state index contributed by atoms with van der Waals surface area (Å²) in [5, 5.41) is 54.0. The highest BCUT2D eigenvalue weighted by Crippen LogP contribution is 2.54. The molecule has 0 aliphatic heterocycles.